The van der Waals surface area contributed by atoms with Gasteiger partial charge in [0.25, 0.3) is 0 Å². The van der Waals surface area contributed by atoms with Crippen LogP contribution in [0.5, 0.6) is 0 Å². The summed E-state index contributed by atoms with van der Waals surface area (Å²) < 4.78 is 0. The summed E-state index contributed by atoms with van der Waals surface area (Å²) in [7, 11) is 0. The van der Waals surface area contributed by atoms with Crippen LogP contribution in [0.4, 0.5) is 0 Å². The zero-order chi connectivity index (χ0) is 13.0. The number of carbonyl (C=O) groups excluding carboxylic acids is 2. The molecule has 5 N–H and O–H groups in total. The van der Waals surface area contributed by atoms with E-state index in [1.165, 1.54) is 0 Å². The Kier molecular flexibility index (Phi) is 4.59. The van der Waals surface area contributed by atoms with Gasteiger partial charge in [0.05, 0.1) is 6.04 Å². The standard InChI is InChI=1S/C10H17N3O4/c11-6(2-1-3-7(12)10(16)17)9(15)13-5-4-8(13)14/h6-7H,1-5,11-12H2,(H,16,17)/t6?,7-/m0/s1. The molecule has 1 rings (SSSR count). The molecule has 1 heterocycles. The maximum absolute atomic E-state index is 11.6. The van der Waals surface area contributed by atoms with E-state index in [1.54, 1.807) is 0 Å². The molecule has 0 aliphatic carbocycles. The molecule has 1 aliphatic heterocycles. The van der Waals surface area contributed by atoms with E-state index >= 15 is 0 Å². The SMILES string of the molecule is NC(CCC[C@H](N)C(=O)O)C(=O)N1CCC1=O. The van der Waals surface area contributed by atoms with Crippen molar-refractivity contribution in [1.29, 1.82) is 0 Å². The van der Waals surface area contributed by atoms with Gasteiger partial charge in [-0.2, -0.15) is 0 Å². The van der Waals surface area contributed by atoms with Crippen LogP contribution in [0.1, 0.15) is 25.7 Å². The Labute approximate surface area is 98.7 Å². The average molecular weight is 243 g/mol. The first kappa shape index (κ1) is 13.6. The Hall–Kier alpha value is -1.47. The third-order valence-corrected chi connectivity index (χ3v) is 2.78. The second-order valence-electron chi connectivity index (χ2n) is 4.12. The predicted molar refractivity (Wildman–Crippen MR) is 58.8 cm³/mol. The molecule has 0 saturated carbocycles. The molecular weight excluding hydrogens is 226 g/mol. The minimum atomic E-state index is -1.07. The van der Waals surface area contributed by atoms with Crippen molar-refractivity contribution in [2.45, 2.75) is 37.8 Å². The van der Waals surface area contributed by atoms with E-state index in [2.05, 4.69) is 0 Å². The molecule has 96 valence electrons. The number of aliphatic carboxylic acids is 1. The van der Waals surface area contributed by atoms with Crippen LogP contribution in [-0.2, 0) is 14.4 Å². The highest BCUT2D eigenvalue weighted by atomic mass is 16.4. The number of amides is 2. The van der Waals surface area contributed by atoms with E-state index in [9.17, 15) is 14.4 Å². The Morgan fingerprint density at radius 1 is 1.29 bits per heavy atom. The number of nitrogens with two attached hydrogens (primary N) is 2. The molecule has 0 radical (unpaired) electrons. The summed E-state index contributed by atoms with van der Waals surface area (Å²) in [6.07, 6.45) is 1.44. The summed E-state index contributed by atoms with van der Waals surface area (Å²) in [5, 5.41) is 8.55. The molecule has 2 amide bonds. The smallest absolute Gasteiger partial charge is 0.320 e. The molecule has 0 aromatic heterocycles. The van der Waals surface area contributed by atoms with Crippen LogP contribution in [0.15, 0.2) is 0 Å². The van der Waals surface area contributed by atoms with Gasteiger partial charge < -0.3 is 16.6 Å². The van der Waals surface area contributed by atoms with Crippen molar-refractivity contribution in [2.24, 2.45) is 11.5 Å². The highest BCUT2D eigenvalue weighted by Crippen LogP contribution is 2.12. The topological polar surface area (TPSA) is 127 Å². The third-order valence-electron chi connectivity index (χ3n) is 2.78. The van der Waals surface area contributed by atoms with Gasteiger partial charge in [-0.05, 0) is 19.3 Å². The highest BCUT2D eigenvalue weighted by molar-refractivity contribution is 6.01. The molecule has 0 aromatic rings. The number of β-lactam (4-membered cyclic amide) rings is 1. The quantitative estimate of drug-likeness (QED) is 0.495. The lowest BCUT2D eigenvalue weighted by molar-refractivity contribution is -0.153. The Morgan fingerprint density at radius 2 is 1.88 bits per heavy atom. The van der Waals surface area contributed by atoms with Crippen molar-refractivity contribution < 1.29 is 19.5 Å². The molecule has 1 unspecified atom stereocenters. The van der Waals surface area contributed by atoms with E-state index in [1.807, 2.05) is 0 Å². The minimum Gasteiger partial charge on any atom is -0.480 e. The summed E-state index contributed by atoms with van der Waals surface area (Å²) in [5.41, 5.74) is 10.9. The van der Waals surface area contributed by atoms with Crippen LogP contribution in [0.3, 0.4) is 0 Å². The van der Waals surface area contributed by atoms with Gasteiger partial charge in [-0.1, -0.05) is 0 Å². The molecule has 0 aromatic carbocycles. The fourth-order valence-corrected chi connectivity index (χ4v) is 1.55. The van der Waals surface area contributed by atoms with Gasteiger partial charge in [0.2, 0.25) is 11.8 Å². The van der Waals surface area contributed by atoms with Crippen LogP contribution in [0.25, 0.3) is 0 Å². The van der Waals surface area contributed by atoms with Crippen LogP contribution >= 0.6 is 0 Å². The number of carboxylic acids is 1. The number of carboxylic acid groups (broad SMARTS) is 1. The van der Waals surface area contributed by atoms with E-state index < -0.39 is 18.1 Å². The number of carbonyl (C=O) groups is 3. The van der Waals surface area contributed by atoms with E-state index in [4.69, 9.17) is 16.6 Å². The molecule has 1 aliphatic rings. The summed E-state index contributed by atoms with van der Waals surface area (Å²) >= 11 is 0. The number of imide groups is 1. The van der Waals surface area contributed by atoms with Crippen LogP contribution in [0.2, 0.25) is 0 Å². The molecule has 7 nitrogen and oxygen atoms in total. The van der Waals surface area contributed by atoms with Crippen molar-refractivity contribution in [3.05, 3.63) is 0 Å². The summed E-state index contributed by atoms with van der Waals surface area (Å²) in [6.45, 7) is 0.431. The van der Waals surface area contributed by atoms with Crippen molar-refractivity contribution in [1.82, 2.24) is 4.90 Å². The monoisotopic (exact) mass is 243 g/mol. The maximum atomic E-state index is 11.6. The average Bonchev–Trinajstić information content (AvgIpc) is 2.26. The fraction of sp³-hybridized carbons (Fsp3) is 0.700. The van der Waals surface area contributed by atoms with Gasteiger partial charge in [-0.3, -0.25) is 19.3 Å². The highest BCUT2D eigenvalue weighted by Gasteiger charge is 2.32. The molecule has 17 heavy (non-hydrogen) atoms. The number of hydrogen-bond acceptors (Lipinski definition) is 5. The molecule has 0 spiro atoms. The molecule has 7 heteroatoms. The van der Waals surface area contributed by atoms with Gasteiger partial charge >= 0.3 is 5.97 Å². The van der Waals surface area contributed by atoms with Gasteiger partial charge in [-0.15, -0.1) is 0 Å². The lowest BCUT2D eigenvalue weighted by Gasteiger charge is -2.30. The molecule has 1 fully saturated rings. The second-order valence-corrected chi connectivity index (χ2v) is 4.12. The van der Waals surface area contributed by atoms with E-state index in [-0.39, 0.29) is 18.2 Å². The maximum Gasteiger partial charge on any atom is 0.320 e. The molecule has 1 saturated heterocycles. The lowest BCUT2D eigenvalue weighted by Crippen LogP contribution is -2.53. The van der Waals surface area contributed by atoms with E-state index in [0.29, 0.717) is 25.8 Å². The zero-order valence-corrected chi connectivity index (χ0v) is 9.46. The van der Waals surface area contributed by atoms with Crippen molar-refractivity contribution in [2.75, 3.05) is 6.54 Å². The van der Waals surface area contributed by atoms with Crippen LogP contribution in [-0.4, -0.2) is 46.4 Å². The van der Waals surface area contributed by atoms with Crippen molar-refractivity contribution >= 4 is 17.8 Å². The minimum absolute atomic E-state index is 0.201. The first-order valence-corrected chi connectivity index (χ1v) is 5.51. The van der Waals surface area contributed by atoms with Crippen molar-refractivity contribution in [3.8, 4) is 0 Å². The first-order valence-electron chi connectivity index (χ1n) is 5.51. The molecule has 0 bridgehead atoms. The lowest BCUT2D eigenvalue weighted by atomic mass is 10.0. The van der Waals surface area contributed by atoms with Crippen LogP contribution in [0, 0.1) is 0 Å². The van der Waals surface area contributed by atoms with Gasteiger partial charge in [0.1, 0.15) is 6.04 Å². The second kappa shape index (κ2) is 5.74. The Balaban J connectivity index is 2.25. The Morgan fingerprint density at radius 3 is 2.29 bits per heavy atom. The third kappa shape index (κ3) is 3.50. The summed E-state index contributed by atoms with van der Waals surface area (Å²) in [5.74, 6) is -1.65. The number of hydrogen-bond donors (Lipinski definition) is 3. The number of nitrogens with zero attached hydrogens (tertiary/aromatic N) is 1. The zero-order valence-electron chi connectivity index (χ0n) is 9.46. The normalized spacial score (nSPS) is 18.5. The largest absolute Gasteiger partial charge is 0.480 e. The number of rotatable bonds is 6. The molecule has 2 atom stereocenters. The van der Waals surface area contributed by atoms with Gasteiger partial charge in [-0.25, -0.2) is 0 Å². The van der Waals surface area contributed by atoms with E-state index in [0.717, 1.165) is 4.90 Å². The molecular formula is C10H17N3O4. The summed E-state index contributed by atoms with van der Waals surface area (Å²) in [4.78, 5) is 34.1. The van der Waals surface area contributed by atoms with Crippen LogP contribution < -0.4 is 11.5 Å². The van der Waals surface area contributed by atoms with Gasteiger partial charge in [0, 0.05) is 13.0 Å². The number of likely N-dealkylation sites (tertiary alicyclic amines) is 1. The fourth-order valence-electron chi connectivity index (χ4n) is 1.55. The Bertz CT molecular complexity index is 332. The predicted octanol–water partition coefficient (Wildman–Crippen LogP) is -1.35. The van der Waals surface area contributed by atoms with Crippen molar-refractivity contribution in [3.63, 3.8) is 0 Å². The summed E-state index contributed by atoms with van der Waals surface area (Å²) in [6, 6.07) is -1.68. The first-order chi connectivity index (χ1) is 7.93. The van der Waals surface area contributed by atoms with Gasteiger partial charge in [0.15, 0.2) is 0 Å².